The van der Waals surface area contributed by atoms with Crippen LogP contribution in [0.4, 0.5) is 0 Å². The van der Waals surface area contributed by atoms with Gasteiger partial charge in [0, 0.05) is 0 Å². The largest absolute Gasteiger partial charge is 0.367 e. The Balaban J connectivity index is 1.54. The highest BCUT2D eigenvalue weighted by atomic mass is 16.6. The van der Waals surface area contributed by atoms with E-state index >= 15 is 0 Å². The molecule has 0 amide bonds. The average Bonchev–Trinajstić information content (AvgIpc) is 3.55. The van der Waals surface area contributed by atoms with Crippen LogP contribution in [0, 0.1) is 0 Å². The summed E-state index contributed by atoms with van der Waals surface area (Å²) in [6.45, 7) is 17.8. The van der Waals surface area contributed by atoms with Gasteiger partial charge in [0.05, 0.1) is 23.4 Å². The second-order valence-corrected chi connectivity index (χ2v) is 11.3. The first-order valence-electron chi connectivity index (χ1n) is 13.0. The molecule has 0 radical (unpaired) electrons. The molecule has 0 aromatic carbocycles. The first kappa shape index (κ1) is 27.1. The van der Waals surface area contributed by atoms with Gasteiger partial charge in [0.15, 0.2) is 0 Å². The smallest absolute Gasteiger partial charge is 0.0923 e. The Morgan fingerprint density at radius 2 is 1.12 bits per heavy atom. The fourth-order valence-corrected chi connectivity index (χ4v) is 4.49. The molecule has 2 aliphatic heterocycles. The lowest BCUT2D eigenvalue weighted by atomic mass is 9.96. The van der Waals surface area contributed by atoms with Crippen LogP contribution in [0.25, 0.3) is 0 Å². The van der Waals surface area contributed by atoms with Crippen LogP contribution in [0.1, 0.15) is 120 Å². The Morgan fingerprint density at radius 1 is 0.625 bits per heavy atom. The number of epoxide rings is 2. The molecule has 2 heterocycles. The molecule has 2 aliphatic rings. The van der Waals surface area contributed by atoms with Crippen molar-refractivity contribution in [3.63, 3.8) is 0 Å². The van der Waals surface area contributed by atoms with Crippen LogP contribution in [0.2, 0.25) is 0 Å². The summed E-state index contributed by atoms with van der Waals surface area (Å²) < 4.78 is 11.7. The van der Waals surface area contributed by atoms with Gasteiger partial charge < -0.3 is 9.47 Å². The van der Waals surface area contributed by atoms with E-state index in [-0.39, 0.29) is 11.2 Å². The van der Waals surface area contributed by atoms with Crippen molar-refractivity contribution in [2.24, 2.45) is 0 Å². The van der Waals surface area contributed by atoms with E-state index in [1.165, 1.54) is 48.0 Å². The van der Waals surface area contributed by atoms with E-state index < -0.39 is 0 Å². The van der Waals surface area contributed by atoms with Gasteiger partial charge in [-0.2, -0.15) is 0 Å². The zero-order valence-corrected chi connectivity index (χ0v) is 22.4. The zero-order valence-electron chi connectivity index (χ0n) is 22.4. The standard InChI is InChI=1S/C30H50O2/c1-23(2)13-12-22-30(8)28(32-30)21-19-25(4)15-10-9-14-24(3)16-11-17-26(5)18-20-27-29(6,7)31-27/h13-15,17,27-28H,9-12,16,18-22H2,1-8H3/b24-14+,25-15+,26-17+. The van der Waals surface area contributed by atoms with Gasteiger partial charge in [-0.25, -0.2) is 0 Å². The van der Waals surface area contributed by atoms with E-state index in [4.69, 9.17) is 9.47 Å². The molecule has 0 saturated carbocycles. The minimum Gasteiger partial charge on any atom is -0.367 e. The third-order valence-electron chi connectivity index (χ3n) is 7.18. The second kappa shape index (κ2) is 12.4. The number of ether oxygens (including phenoxy) is 2. The van der Waals surface area contributed by atoms with E-state index in [1.807, 2.05) is 0 Å². The Bertz CT molecular complexity index is 717. The molecule has 32 heavy (non-hydrogen) atoms. The summed E-state index contributed by atoms with van der Waals surface area (Å²) in [5, 5.41) is 0. The first-order chi connectivity index (χ1) is 15.0. The van der Waals surface area contributed by atoms with Gasteiger partial charge in [-0.15, -0.1) is 0 Å². The van der Waals surface area contributed by atoms with E-state index in [2.05, 4.69) is 79.7 Å². The average molecular weight is 443 g/mol. The van der Waals surface area contributed by atoms with E-state index in [1.54, 1.807) is 0 Å². The van der Waals surface area contributed by atoms with Crippen LogP contribution in [-0.4, -0.2) is 23.4 Å². The molecule has 3 atom stereocenters. The quantitative estimate of drug-likeness (QED) is 0.143. The second-order valence-electron chi connectivity index (χ2n) is 11.3. The molecule has 0 spiro atoms. The fourth-order valence-electron chi connectivity index (χ4n) is 4.49. The molecule has 0 N–H and O–H groups in total. The Labute approximate surface area is 199 Å². The van der Waals surface area contributed by atoms with Crippen LogP contribution in [0.3, 0.4) is 0 Å². The Hall–Kier alpha value is -1.12. The summed E-state index contributed by atoms with van der Waals surface area (Å²) in [6, 6.07) is 0. The SMILES string of the molecule is CC(C)=CCCC1(C)OC1CC/C(C)=C/CC/C=C(\C)CC/C=C(\C)CCC1OC1(C)C. The number of hydrogen-bond acceptors (Lipinski definition) is 2. The summed E-state index contributed by atoms with van der Waals surface area (Å²) in [6.07, 6.45) is 22.1. The van der Waals surface area contributed by atoms with Crippen molar-refractivity contribution in [1.82, 2.24) is 0 Å². The van der Waals surface area contributed by atoms with Crippen LogP contribution in [-0.2, 0) is 9.47 Å². The Kier molecular flexibility index (Phi) is 10.5. The van der Waals surface area contributed by atoms with Crippen molar-refractivity contribution in [2.75, 3.05) is 0 Å². The van der Waals surface area contributed by atoms with Gasteiger partial charge in [-0.1, -0.05) is 46.6 Å². The molecule has 182 valence electrons. The van der Waals surface area contributed by atoms with Crippen molar-refractivity contribution < 1.29 is 9.47 Å². The van der Waals surface area contributed by atoms with Gasteiger partial charge in [-0.3, -0.25) is 0 Å². The van der Waals surface area contributed by atoms with Crippen molar-refractivity contribution in [3.05, 3.63) is 46.6 Å². The molecule has 0 aromatic rings. The number of unbranched alkanes of at least 4 members (excludes halogenated alkanes) is 1. The van der Waals surface area contributed by atoms with Gasteiger partial charge in [0.1, 0.15) is 0 Å². The monoisotopic (exact) mass is 442 g/mol. The van der Waals surface area contributed by atoms with Crippen molar-refractivity contribution in [1.29, 1.82) is 0 Å². The third kappa shape index (κ3) is 10.2. The minimum absolute atomic E-state index is 0.126. The topological polar surface area (TPSA) is 25.1 Å². The molecule has 3 unspecified atom stereocenters. The van der Waals surface area contributed by atoms with Gasteiger partial charge in [0.25, 0.3) is 0 Å². The molecule has 2 rings (SSSR count). The fraction of sp³-hybridized carbons (Fsp3) is 0.733. The number of allylic oxidation sites excluding steroid dienone is 8. The lowest BCUT2D eigenvalue weighted by molar-refractivity contribution is 0.295. The molecule has 2 fully saturated rings. The maximum Gasteiger partial charge on any atom is 0.0923 e. The van der Waals surface area contributed by atoms with Crippen LogP contribution >= 0.6 is 0 Å². The van der Waals surface area contributed by atoms with Crippen LogP contribution < -0.4 is 0 Å². The van der Waals surface area contributed by atoms with Crippen LogP contribution in [0.5, 0.6) is 0 Å². The molecule has 0 aromatic heterocycles. The number of rotatable bonds is 15. The van der Waals surface area contributed by atoms with Gasteiger partial charge in [0.2, 0.25) is 0 Å². The van der Waals surface area contributed by atoms with Gasteiger partial charge >= 0.3 is 0 Å². The first-order valence-corrected chi connectivity index (χ1v) is 13.0. The summed E-state index contributed by atoms with van der Waals surface area (Å²) in [5.41, 5.74) is 6.20. The summed E-state index contributed by atoms with van der Waals surface area (Å²) in [5.74, 6) is 0. The molecular formula is C30H50O2. The number of hydrogen-bond donors (Lipinski definition) is 0. The third-order valence-corrected chi connectivity index (χ3v) is 7.18. The lowest BCUT2D eigenvalue weighted by Crippen LogP contribution is -2.09. The zero-order chi connectivity index (χ0) is 23.8. The minimum atomic E-state index is 0.126. The van der Waals surface area contributed by atoms with E-state index in [0.717, 1.165) is 38.5 Å². The maximum absolute atomic E-state index is 6.01. The predicted octanol–water partition coefficient (Wildman–Crippen LogP) is 9.03. The highest BCUT2D eigenvalue weighted by molar-refractivity contribution is 5.08. The van der Waals surface area contributed by atoms with Gasteiger partial charge in [-0.05, 0) is 120 Å². The summed E-state index contributed by atoms with van der Waals surface area (Å²) in [4.78, 5) is 0. The maximum atomic E-state index is 6.01. The lowest BCUT2D eigenvalue weighted by Gasteiger charge is -2.05. The van der Waals surface area contributed by atoms with Crippen molar-refractivity contribution in [2.45, 2.75) is 143 Å². The molecule has 0 bridgehead atoms. The summed E-state index contributed by atoms with van der Waals surface area (Å²) in [7, 11) is 0. The van der Waals surface area contributed by atoms with Crippen molar-refractivity contribution >= 4 is 0 Å². The highest BCUT2D eigenvalue weighted by Gasteiger charge is 2.50. The molecular weight excluding hydrogens is 392 g/mol. The predicted molar refractivity (Wildman–Crippen MR) is 139 cm³/mol. The molecule has 2 saturated heterocycles. The highest BCUT2D eigenvalue weighted by Crippen LogP contribution is 2.43. The molecule has 2 nitrogen and oxygen atoms in total. The van der Waals surface area contributed by atoms with E-state index in [0.29, 0.717) is 12.2 Å². The summed E-state index contributed by atoms with van der Waals surface area (Å²) >= 11 is 0. The normalized spacial score (nSPS) is 27.4. The van der Waals surface area contributed by atoms with E-state index in [9.17, 15) is 0 Å². The van der Waals surface area contributed by atoms with Crippen LogP contribution in [0.15, 0.2) is 46.6 Å². The van der Waals surface area contributed by atoms with Crippen molar-refractivity contribution in [3.8, 4) is 0 Å². The molecule has 0 aliphatic carbocycles. The Morgan fingerprint density at radius 3 is 1.66 bits per heavy atom. The molecule has 2 heteroatoms.